The van der Waals surface area contributed by atoms with E-state index >= 15 is 0 Å². The highest BCUT2D eigenvalue weighted by molar-refractivity contribution is 5.85. The van der Waals surface area contributed by atoms with Crippen molar-refractivity contribution in [2.45, 2.75) is 39.8 Å². The van der Waals surface area contributed by atoms with Crippen molar-refractivity contribution in [1.29, 1.82) is 0 Å². The summed E-state index contributed by atoms with van der Waals surface area (Å²) in [4.78, 5) is 2.41. The van der Waals surface area contributed by atoms with Gasteiger partial charge in [0.2, 0.25) is 0 Å². The summed E-state index contributed by atoms with van der Waals surface area (Å²) in [6, 6.07) is 5.66. The zero-order chi connectivity index (χ0) is 13.3. The SMILES string of the molecule is Cc1cc(CN2CCC(N)C(C)(C)C2)ccc1F.Cl. The third kappa shape index (κ3) is 3.91. The summed E-state index contributed by atoms with van der Waals surface area (Å²) >= 11 is 0. The van der Waals surface area contributed by atoms with E-state index < -0.39 is 0 Å². The van der Waals surface area contributed by atoms with Gasteiger partial charge in [0.05, 0.1) is 0 Å². The summed E-state index contributed by atoms with van der Waals surface area (Å²) in [5.41, 5.74) is 8.20. The molecule has 0 aromatic heterocycles. The smallest absolute Gasteiger partial charge is 0.126 e. The van der Waals surface area contributed by atoms with Gasteiger partial charge in [-0.25, -0.2) is 4.39 Å². The molecule has 4 heteroatoms. The van der Waals surface area contributed by atoms with E-state index in [2.05, 4.69) is 18.7 Å². The quantitative estimate of drug-likeness (QED) is 0.905. The third-order valence-corrected chi connectivity index (χ3v) is 4.02. The molecule has 0 amide bonds. The lowest BCUT2D eigenvalue weighted by Gasteiger charge is -2.42. The largest absolute Gasteiger partial charge is 0.327 e. The molecule has 0 radical (unpaired) electrons. The summed E-state index contributed by atoms with van der Waals surface area (Å²) in [6.07, 6.45) is 1.03. The van der Waals surface area contributed by atoms with Crippen LogP contribution >= 0.6 is 12.4 Å². The number of halogens is 2. The van der Waals surface area contributed by atoms with Crippen LogP contribution in [0.4, 0.5) is 4.39 Å². The normalized spacial score (nSPS) is 22.9. The molecule has 1 unspecified atom stereocenters. The highest BCUT2D eigenvalue weighted by Gasteiger charge is 2.33. The number of nitrogens with two attached hydrogens (primary N) is 1. The lowest BCUT2D eigenvalue weighted by atomic mass is 9.79. The van der Waals surface area contributed by atoms with E-state index in [-0.39, 0.29) is 29.7 Å². The Hall–Kier alpha value is -0.640. The first-order chi connectivity index (χ1) is 8.38. The fourth-order valence-electron chi connectivity index (χ4n) is 2.68. The van der Waals surface area contributed by atoms with Crippen LogP contribution in [0, 0.1) is 18.2 Å². The van der Waals surface area contributed by atoms with Crippen molar-refractivity contribution in [3.63, 3.8) is 0 Å². The van der Waals surface area contributed by atoms with Gasteiger partial charge in [-0.2, -0.15) is 0 Å². The van der Waals surface area contributed by atoms with Crippen LogP contribution in [0.1, 0.15) is 31.4 Å². The molecule has 2 nitrogen and oxygen atoms in total. The number of benzene rings is 1. The molecule has 1 atom stereocenters. The van der Waals surface area contributed by atoms with Gasteiger partial charge < -0.3 is 5.73 Å². The molecule has 2 rings (SSSR count). The van der Waals surface area contributed by atoms with E-state index in [1.807, 2.05) is 19.1 Å². The minimum Gasteiger partial charge on any atom is -0.327 e. The van der Waals surface area contributed by atoms with Gasteiger partial charge in [0.15, 0.2) is 0 Å². The first-order valence-electron chi connectivity index (χ1n) is 6.61. The van der Waals surface area contributed by atoms with Crippen molar-refractivity contribution < 1.29 is 4.39 Å². The second kappa shape index (κ2) is 6.21. The lowest BCUT2D eigenvalue weighted by molar-refractivity contribution is 0.0898. The van der Waals surface area contributed by atoms with Crippen LogP contribution in [0.2, 0.25) is 0 Å². The van der Waals surface area contributed by atoms with Crippen LogP contribution in [-0.4, -0.2) is 24.0 Å². The van der Waals surface area contributed by atoms with Crippen LogP contribution in [0.3, 0.4) is 0 Å². The summed E-state index contributed by atoms with van der Waals surface area (Å²) < 4.78 is 13.2. The first kappa shape index (κ1) is 16.4. The summed E-state index contributed by atoms with van der Waals surface area (Å²) in [7, 11) is 0. The van der Waals surface area contributed by atoms with Gasteiger partial charge in [-0.15, -0.1) is 12.4 Å². The molecule has 1 aliphatic rings. The van der Waals surface area contributed by atoms with E-state index in [9.17, 15) is 4.39 Å². The Kier molecular flexibility index (Phi) is 5.36. The maximum atomic E-state index is 13.2. The maximum Gasteiger partial charge on any atom is 0.126 e. The average molecular weight is 287 g/mol. The van der Waals surface area contributed by atoms with Crippen LogP contribution < -0.4 is 5.73 Å². The Balaban J connectivity index is 0.00000180. The first-order valence-corrected chi connectivity index (χ1v) is 6.61. The van der Waals surface area contributed by atoms with E-state index in [0.717, 1.165) is 31.6 Å². The Morgan fingerprint density at radius 2 is 2.11 bits per heavy atom. The van der Waals surface area contributed by atoms with Crippen molar-refractivity contribution in [3.8, 4) is 0 Å². The molecule has 1 fully saturated rings. The number of rotatable bonds is 2. The van der Waals surface area contributed by atoms with Crippen LogP contribution in [0.15, 0.2) is 18.2 Å². The number of piperidine rings is 1. The van der Waals surface area contributed by atoms with Crippen LogP contribution in [0.25, 0.3) is 0 Å². The van der Waals surface area contributed by atoms with E-state index in [1.54, 1.807) is 6.07 Å². The van der Waals surface area contributed by atoms with Gasteiger partial charge >= 0.3 is 0 Å². The number of nitrogens with zero attached hydrogens (tertiary/aromatic N) is 1. The Bertz CT molecular complexity index is 434. The highest BCUT2D eigenvalue weighted by Crippen LogP contribution is 2.28. The predicted octanol–water partition coefficient (Wildman–Crippen LogP) is 3.12. The van der Waals surface area contributed by atoms with Crippen molar-refractivity contribution in [3.05, 3.63) is 35.1 Å². The minimum atomic E-state index is -0.125. The number of aryl methyl sites for hydroxylation is 1. The molecule has 1 saturated heterocycles. The molecule has 1 aliphatic heterocycles. The second-order valence-electron chi connectivity index (χ2n) is 6.18. The summed E-state index contributed by atoms with van der Waals surface area (Å²) in [6.45, 7) is 9.18. The molecule has 0 bridgehead atoms. The van der Waals surface area contributed by atoms with Gasteiger partial charge in [0, 0.05) is 25.7 Å². The van der Waals surface area contributed by atoms with E-state index in [1.165, 1.54) is 5.56 Å². The number of hydrogen-bond acceptors (Lipinski definition) is 2. The monoisotopic (exact) mass is 286 g/mol. The van der Waals surface area contributed by atoms with Crippen LogP contribution in [-0.2, 0) is 6.54 Å². The zero-order valence-corrected chi connectivity index (χ0v) is 12.8. The van der Waals surface area contributed by atoms with Gasteiger partial charge in [0.25, 0.3) is 0 Å². The van der Waals surface area contributed by atoms with Crippen molar-refractivity contribution in [2.24, 2.45) is 11.1 Å². The molecule has 108 valence electrons. The molecule has 0 saturated carbocycles. The predicted molar refractivity (Wildman–Crippen MR) is 80.0 cm³/mol. The summed E-state index contributed by atoms with van der Waals surface area (Å²) in [5.74, 6) is -0.125. The molecule has 1 aromatic rings. The molecular formula is C15H24ClFN2. The van der Waals surface area contributed by atoms with E-state index in [4.69, 9.17) is 5.73 Å². The standard InChI is InChI=1S/C15H23FN2.ClH/c1-11-8-12(4-5-13(11)16)9-18-7-6-14(17)15(2,3)10-18;/h4-5,8,14H,6-7,9-10,17H2,1-3H3;1H. The van der Waals surface area contributed by atoms with Gasteiger partial charge in [0.1, 0.15) is 5.82 Å². The van der Waals surface area contributed by atoms with E-state index in [0.29, 0.717) is 0 Å². The van der Waals surface area contributed by atoms with Crippen molar-refractivity contribution >= 4 is 12.4 Å². The Labute approximate surface area is 121 Å². The topological polar surface area (TPSA) is 29.3 Å². The minimum absolute atomic E-state index is 0. The maximum absolute atomic E-state index is 13.2. The van der Waals surface area contributed by atoms with Gasteiger partial charge in [-0.05, 0) is 36.0 Å². The molecule has 19 heavy (non-hydrogen) atoms. The average Bonchev–Trinajstić information content (AvgIpc) is 2.28. The second-order valence-corrected chi connectivity index (χ2v) is 6.18. The van der Waals surface area contributed by atoms with Crippen molar-refractivity contribution in [1.82, 2.24) is 4.90 Å². The van der Waals surface area contributed by atoms with Crippen LogP contribution in [0.5, 0.6) is 0 Å². The molecule has 1 aromatic carbocycles. The summed E-state index contributed by atoms with van der Waals surface area (Å²) in [5, 5.41) is 0. The van der Waals surface area contributed by atoms with Crippen molar-refractivity contribution in [2.75, 3.05) is 13.1 Å². The molecule has 0 spiro atoms. The highest BCUT2D eigenvalue weighted by atomic mass is 35.5. The molecule has 2 N–H and O–H groups in total. The molecule has 0 aliphatic carbocycles. The Morgan fingerprint density at radius 3 is 2.68 bits per heavy atom. The van der Waals surface area contributed by atoms with Gasteiger partial charge in [-0.1, -0.05) is 26.0 Å². The third-order valence-electron chi connectivity index (χ3n) is 4.02. The number of hydrogen-bond donors (Lipinski definition) is 1. The molecular weight excluding hydrogens is 263 g/mol. The lowest BCUT2D eigenvalue weighted by Crippen LogP contribution is -2.52. The fraction of sp³-hybridized carbons (Fsp3) is 0.600. The van der Waals surface area contributed by atoms with Gasteiger partial charge in [-0.3, -0.25) is 4.90 Å². The zero-order valence-electron chi connectivity index (χ0n) is 11.9. The number of likely N-dealkylation sites (tertiary alicyclic amines) is 1. The Morgan fingerprint density at radius 1 is 1.42 bits per heavy atom. The fourth-order valence-corrected chi connectivity index (χ4v) is 2.68. The molecule has 1 heterocycles.